The van der Waals surface area contributed by atoms with Crippen LogP contribution in [-0.2, 0) is 22.6 Å². The van der Waals surface area contributed by atoms with Crippen molar-refractivity contribution < 1.29 is 24.9 Å². The molecule has 118 valence electrons. The number of nitrogens with one attached hydrogen (secondary N) is 1. The number of carbonyl (C=O) groups is 2. The Morgan fingerprint density at radius 2 is 2.00 bits per heavy atom. The molecule has 2 aromatic rings. The van der Waals surface area contributed by atoms with Gasteiger partial charge >= 0.3 is 11.9 Å². The zero-order valence-corrected chi connectivity index (χ0v) is 14.3. The van der Waals surface area contributed by atoms with Gasteiger partial charge in [0.25, 0.3) is 0 Å². The third-order valence-electron chi connectivity index (χ3n) is 3.33. The number of aliphatic carboxylic acids is 2. The highest BCUT2D eigenvalue weighted by Crippen LogP contribution is 2.34. The van der Waals surface area contributed by atoms with Crippen molar-refractivity contribution in [3.8, 4) is 0 Å². The van der Waals surface area contributed by atoms with Gasteiger partial charge in [0.1, 0.15) is 10.1 Å². The predicted molar refractivity (Wildman–Crippen MR) is 84.5 cm³/mol. The summed E-state index contributed by atoms with van der Waals surface area (Å²) in [5.74, 6) is -3.44. The molecule has 0 aliphatic heterocycles. The zero-order chi connectivity index (χ0) is 16.4. The van der Waals surface area contributed by atoms with Crippen LogP contribution in [0.15, 0.2) is 15.1 Å². The van der Waals surface area contributed by atoms with E-state index in [2.05, 4.69) is 42.1 Å². The molecule has 0 spiro atoms. The molecule has 0 saturated carbocycles. The van der Waals surface area contributed by atoms with E-state index < -0.39 is 24.3 Å². The SMILES string of the molecule is O=C(O)CC(Cc1cc(Br)c2n[nH]c(Br)c2c1CO)C(=O)O. The maximum Gasteiger partial charge on any atom is 0.307 e. The van der Waals surface area contributed by atoms with Crippen LogP contribution in [0.5, 0.6) is 0 Å². The second-order valence-electron chi connectivity index (χ2n) is 4.75. The third-order valence-corrected chi connectivity index (χ3v) is 4.51. The summed E-state index contributed by atoms with van der Waals surface area (Å²) in [6.45, 7) is -0.309. The first-order valence-corrected chi connectivity index (χ1v) is 7.83. The second-order valence-corrected chi connectivity index (χ2v) is 6.40. The Hall–Kier alpha value is -1.45. The summed E-state index contributed by atoms with van der Waals surface area (Å²) in [6.07, 6.45) is -0.480. The topological polar surface area (TPSA) is 124 Å². The van der Waals surface area contributed by atoms with Crippen LogP contribution in [0.1, 0.15) is 17.5 Å². The third kappa shape index (κ3) is 3.31. The first-order chi connectivity index (χ1) is 10.3. The van der Waals surface area contributed by atoms with Crippen LogP contribution in [0.4, 0.5) is 0 Å². The molecule has 0 bridgehead atoms. The number of rotatable bonds is 6. The first-order valence-electron chi connectivity index (χ1n) is 6.24. The number of carboxylic acids is 2. The fraction of sp³-hybridized carbons (Fsp3) is 0.308. The Balaban J connectivity index is 2.52. The summed E-state index contributed by atoms with van der Waals surface area (Å²) in [5.41, 5.74) is 1.69. The Kier molecular flexibility index (Phi) is 5.20. The molecule has 22 heavy (non-hydrogen) atoms. The number of halogens is 2. The van der Waals surface area contributed by atoms with Gasteiger partial charge in [0, 0.05) is 9.86 Å². The molecule has 2 rings (SSSR count). The highest BCUT2D eigenvalue weighted by molar-refractivity contribution is 9.11. The molecule has 1 unspecified atom stereocenters. The van der Waals surface area contributed by atoms with Crippen LogP contribution in [0.2, 0.25) is 0 Å². The predicted octanol–water partition coefficient (Wildman–Crippen LogP) is 2.30. The van der Waals surface area contributed by atoms with Crippen LogP contribution < -0.4 is 0 Å². The van der Waals surface area contributed by atoms with Crippen molar-refractivity contribution in [2.75, 3.05) is 0 Å². The molecule has 4 N–H and O–H groups in total. The number of hydrogen-bond donors (Lipinski definition) is 4. The zero-order valence-electron chi connectivity index (χ0n) is 11.1. The maximum atomic E-state index is 11.2. The lowest BCUT2D eigenvalue weighted by Gasteiger charge is -2.14. The first kappa shape index (κ1) is 16.9. The number of carboxylic acid groups (broad SMARTS) is 2. The van der Waals surface area contributed by atoms with Gasteiger partial charge in [-0.15, -0.1) is 0 Å². The number of aliphatic hydroxyl groups is 1. The van der Waals surface area contributed by atoms with Crippen LogP contribution in [-0.4, -0.2) is 37.5 Å². The molecule has 0 saturated heterocycles. The van der Waals surface area contributed by atoms with Crippen molar-refractivity contribution in [1.82, 2.24) is 10.2 Å². The molecule has 1 aromatic heterocycles. The number of benzene rings is 1. The van der Waals surface area contributed by atoms with E-state index in [-0.39, 0.29) is 13.0 Å². The molecular weight excluding hydrogens is 424 g/mol. The van der Waals surface area contributed by atoms with E-state index in [0.717, 1.165) is 0 Å². The van der Waals surface area contributed by atoms with E-state index in [1.54, 1.807) is 6.07 Å². The van der Waals surface area contributed by atoms with Crippen molar-refractivity contribution in [3.63, 3.8) is 0 Å². The van der Waals surface area contributed by atoms with E-state index in [9.17, 15) is 19.8 Å². The Bertz CT molecular complexity index is 744. The summed E-state index contributed by atoms with van der Waals surface area (Å²) in [6, 6.07) is 1.67. The highest BCUT2D eigenvalue weighted by atomic mass is 79.9. The van der Waals surface area contributed by atoms with E-state index in [0.29, 0.717) is 31.1 Å². The summed E-state index contributed by atoms with van der Waals surface area (Å²) < 4.78 is 1.20. The number of aliphatic hydroxyl groups excluding tert-OH is 1. The molecule has 1 aromatic carbocycles. The van der Waals surface area contributed by atoms with Crippen molar-refractivity contribution in [2.45, 2.75) is 19.4 Å². The van der Waals surface area contributed by atoms with E-state index in [1.165, 1.54) is 0 Å². The molecule has 9 heteroatoms. The minimum absolute atomic E-state index is 0.00366. The Labute approximate surface area is 141 Å². The van der Waals surface area contributed by atoms with Gasteiger partial charge in [0.05, 0.1) is 18.9 Å². The molecule has 0 aliphatic rings. The minimum Gasteiger partial charge on any atom is -0.481 e. The van der Waals surface area contributed by atoms with Crippen molar-refractivity contribution in [3.05, 3.63) is 26.3 Å². The van der Waals surface area contributed by atoms with Gasteiger partial charge in [-0.2, -0.15) is 5.10 Å². The number of H-pyrrole nitrogens is 1. The number of hydrogen-bond acceptors (Lipinski definition) is 4. The van der Waals surface area contributed by atoms with Gasteiger partial charge in [-0.3, -0.25) is 14.7 Å². The highest BCUT2D eigenvalue weighted by Gasteiger charge is 2.24. The summed E-state index contributed by atoms with van der Waals surface area (Å²) in [7, 11) is 0. The maximum absolute atomic E-state index is 11.2. The van der Waals surface area contributed by atoms with Gasteiger partial charge in [0.2, 0.25) is 0 Å². The van der Waals surface area contributed by atoms with Crippen LogP contribution >= 0.6 is 31.9 Å². The van der Waals surface area contributed by atoms with Gasteiger partial charge in [0.15, 0.2) is 0 Å². The minimum atomic E-state index is -1.19. The van der Waals surface area contributed by atoms with Gasteiger partial charge in [-0.1, -0.05) is 0 Å². The van der Waals surface area contributed by atoms with Crippen molar-refractivity contribution >= 4 is 54.7 Å². The number of aromatic amines is 1. The molecule has 0 radical (unpaired) electrons. The van der Waals surface area contributed by atoms with E-state index >= 15 is 0 Å². The van der Waals surface area contributed by atoms with E-state index in [1.807, 2.05) is 0 Å². The fourth-order valence-corrected chi connectivity index (χ4v) is 3.40. The lowest BCUT2D eigenvalue weighted by atomic mass is 9.92. The Morgan fingerprint density at radius 1 is 1.32 bits per heavy atom. The smallest absolute Gasteiger partial charge is 0.307 e. The largest absolute Gasteiger partial charge is 0.481 e. The Morgan fingerprint density at radius 3 is 2.55 bits per heavy atom. The number of nitrogens with zero attached hydrogens (tertiary/aromatic N) is 1. The molecule has 1 heterocycles. The monoisotopic (exact) mass is 434 g/mol. The van der Waals surface area contributed by atoms with Gasteiger partial charge < -0.3 is 15.3 Å². The van der Waals surface area contributed by atoms with Gasteiger partial charge in [-0.05, 0) is 55.5 Å². The van der Waals surface area contributed by atoms with Crippen LogP contribution in [0, 0.1) is 5.92 Å². The molecule has 7 nitrogen and oxygen atoms in total. The molecule has 0 aliphatic carbocycles. The lowest BCUT2D eigenvalue weighted by molar-refractivity contribution is -0.148. The number of fused-ring (bicyclic) bond motifs is 1. The molecule has 0 amide bonds. The lowest BCUT2D eigenvalue weighted by Crippen LogP contribution is -2.21. The summed E-state index contributed by atoms with van der Waals surface area (Å²) >= 11 is 6.66. The normalized spacial score (nSPS) is 12.5. The van der Waals surface area contributed by atoms with Crippen molar-refractivity contribution in [1.29, 1.82) is 0 Å². The molecular formula is C13H12Br2N2O5. The van der Waals surface area contributed by atoms with Crippen LogP contribution in [0.3, 0.4) is 0 Å². The molecule has 0 fully saturated rings. The average Bonchev–Trinajstić information content (AvgIpc) is 2.81. The number of aromatic nitrogens is 2. The molecule has 1 atom stereocenters. The fourth-order valence-electron chi connectivity index (χ4n) is 2.32. The standard InChI is InChI=1S/C13H12Br2N2O5/c14-8-2-5(1-6(13(21)22)3-9(19)20)7(4-18)10-11(8)16-17-12(10)15/h2,6,18H,1,3-4H2,(H,16,17)(H,19,20)(H,21,22). The van der Waals surface area contributed by atoms with Gasteiger partial charge in [-0.25, -0.2) is 0 Å². The average molecular weight is 436 g/mol. The van der Waals surface area contributed by atoms with Crippen LogP contribution in [0.25, 0.3) is 10.9 Å². The van der Waals surface area contributed by atoms with E-state index in [4.69, 9.17) is 5.11 Å². The van der Waals surface area contributed by atoms with Crippen molar-refractivity contribution in [2.24, 2.45) is 5.92 Å². The summed E-state index contributed by atoms with van der Waals surface area (Å²) in [4.78, 5) is 22.0. The summed E-state index contributed by atoms with van der Waals surface area (Å²) in [5, 5.41) is 35.1. The quantitative estimate of drug-likeness (QED) is 0.551. The second kappa shape index (κ2) is 6.76.